The van der Waals surface area contributed by atoms with Gasteiger partial charge in [0.15, 0.2) is 11.5 Å². The predicted molar refractivity (Wildman–Crippen MR) is 83.4 cm³/mol. The van der Waals surface area contributed by atoms with Crippen molar-refractivity contribution in [2.75, 3.05) is 13.7 Å². The number of urea groups is 1. The molecule has 1 aromatic carbocycles. The van der Waals surface area contributed by atoms with Crippen molar-refractivity contribution in [3.8, 4) is 11.5 Å². The van der Waals surface area contributed by atoms with Gasteiger partial charge in [0.2, 0.25) is 0 Å². The Kier molecular flexibility index (Phi) is 5.79. The Hall–Kier alpha value is -2.84. The summed E-state index contributed by atoms with van der Waals surface area (Å²) in [6, 6.07) is 2.84. The van der Waals surface area contributed by atoms with Crippen molar-refractivity contribution in [2.24, 2.45) is 0 Å². The Morgan fingerprint density at radius 1 is 1.32 bits per heavy atom. The van der Waals surface area contributed by atoms with Crippen LogP contribution in [0.1, 0.15) is 25.5 Å². The molecule has 0 bridgehead atoms. The predicted octanol–water partition coefficient (Wildman–Crippen LogP) is 2.49. The minimum Gasteiger partial charge on any atom is -0.493 e. The van der Waals surface area contributed by atoms with E-state index in [1.165, 1.54) is 19.2 Å². The number of nitrogens with one attached hydrogen (secondary N) is 2. The number of benzene rings is 1. The Labute approximate surface area is 142 Å². The molecule has 0 saturated carbocycles. The van der Waals surface area contributed by atoms with Crippen LogP contribution < -0.4 is 20.1 Å². The molecule has 1 heterocycles. The number of amides is 2. The molecule has 2 N–H and O–H groups in total. The molecule has 0 spiro atoms. The second kappa shape index (κ2) is 7.82. The summed E-state index contributed by atoms with van der Waals surface area (Å²) >= 11 is 0. The van der Waals surface area contributed by atoms with Crippen molar-refractivity contribution in [1.29, 1.82) is 0 Å². The third kappa shape index (κ3) is 4.17. The van der Waals surface area contributed by atoms with Crippen LogP contribution in [0.25, 0.3) is 0 Å². The topological polar surface area (TPSA) is 85.9 Å². The SMILES string of the molecule is CCOC(=O)C1=C(C)NC(=O)N[C@H]1c1ccc(OC)c(OC(F)F)c1. The van der Waals surface area contributed by atoms with E-state index in [-0.39, 0.29) is 23.7 Å². The zero-order chi connectivity index (χ0) is 18.6. The molecule has 136 valence electrons. The molecule has 7 nitrogen and oxygen atoms in total. The monoisotopic (exact) mass is 356 g/mol. The van der Waals surface area contributed by atoms with Gasteiger partial charge in [-0.3, -0.25) is 0 Å². The van der Waals surface area contributed by atoms with Crippen LogP contribution in [0.4, 0.5) is 13.6 Å². The number of carbonyl (C=O) groups is 2. The highest BCUT2D eigenvalue weighted by Gasteiger charge is 2.32. The summed E-state index contributed by atoms with van der Waals surface area (Å²) in [4.78, 5) is 24.0. The van der Waals surface area contributed by atoms with E-state index < -0.39 is 24.7 Å². The van der Waals surface area contributed by atoms with E-state index in [9.17, 15) is 18.4 Å². The molecule has 25 heavy (non-hydrogen) atoms. The van der Waals surface area contributed by atoms with E-state index >= 15 is 0 Å². The standard InChI is InChI=1S/C16H18F2N2O5/c1-4-24-14(21)12-8(2)19-16(22)20-13(12)9-5-6-10(23-3)11(7-9)25-15(17)18/h5-7,13,15H,4H2,1-3H3,(H2,19,20,22)/t13-/m0/s1. The van der Waals surface area contributed by atoms with Crippen molar-refractivity contribution in [3.05, 3.63) is 35.0 Å². The first-order valence-corrected chi connectivity index (χ1v) is 7.45. The van der Waals surface area contributed by atoms with Crippen molar-refractivity contribution >= 4 is 12.0 Å². The molecule has 0 aromatic heterocycles. The minimum atomic E-state index is -3.05. The van der Waals surface area contributed by atoms with Gasteiger partial charge >= 0.3 is 18.6 Å². The zero-order valence-electron chi connectivity index (χ0n) is 13.9. The average molecular weight is 356 g/mol. The van der Waals surface area contributed by atoms with Crippen LogP contribution >= 0.6 is 0 Å². The summed E-state index contributed by atoms with van der Waals surface area (Å²) in [7, 11) is 1.31. The number of hydrogen-bond donors (Lipinski definition) is 2. The van der Waals surface area contributed by atoms with Gasteiger partial charge in [0.05, 0.1) is 25.3 Å². The van der Waals surface area contributed by atoms with Gasteiger partial charge in [0, 0.05) is 5.70 Å². The summed E-state index contributed by atoms with van der Waals surface area (Å²) in [5.41, 5.74) is 0.864. The summed E-state index contributed by atoms with van der Waals surface area (Å²) in [5.74, 6) is -0.726. The number of carbonyl (C=O) groups excluding carboxylic acids is 2. The van der Waals surface area contributed by atoms with E-state index in [0.717, 1.165) is 0 Å². The highest BCUT2D eigenvalue weighted by Crippen LogP contribution is 2.35. The molecule has 1 aliphatic heterocycles. The maximum absolute atomic E-state index is 12.6. The summed E-state index contributed by atoms with van der Waals surface area (Å²) < 4.78 is 39.6. The Balaban J connectivity index is 2.47. The average Bonchev–Trinajstić information content (AvgIpc) is 2.53. The number of halogens is 2. The minimum absolute atomic E-state index is 0.0997. The molecule has 9 heteroatoms. The molecule has 0 saturated heterocycles. The van der Waals surface area contributed by atoms with Crippen molar-refractivity contribution < 1.29 is 32.6 Å². The smallest absolute Gasteiger partial charge is 0.387 e. The fraction of sp³-hybridized carbons (Fsp3) is 0.375. The maximum atomic E-state index is 12.6. The number of alkyl halides is 2. The lowest BCUT2D eigenvalue weighted by Gasteiger charge is -2.28. The van der Waals surface area contributed by atoms with Crippen LogP contribution in [0.15, 0.2) is 29.5 Å². The summed E-state index contributed by atoms with van der Waals surface area (Å²) in [6.45, 7) is 0.310. The normalized spacial score (nSPS) is 17.0. The lowest BCUT2D eigenvalue weighted by atomic mass is 9.95. The van der Waals surface area contributed by atoms with Gasteiger partial charge in [-0.05, 0) is 31.5 Å². The fourth-order valence-electron chi connectivity index (χ4n) is 2.48. The Morgan fingerprint density at radius 2 is 2.04 bits per heavy atom. The lowest BCUT2D eigenvalue weighted by molar-refractivity contribution is -0.139. The van der Waals surface area contributed by atoms with Gasteiger partial charge in [-0.2, -0.15) is 8.78 Å². The number of rotatable bonds is 6. The number of hydrogen-bond acceptors (Lipinski definition) is 5. The Bertz CT molecular complexity index is 706. The van der Waals surface area contributed by atoms with Crippen LogP contribution in [0.2, 0.25) is 0 Å². The van der Waals surface area contributed by atoms with Gasteiger partial charge in [0.25, 0.3) is 0 Å². The number of methoxy groups -OCH3 is 1. The molecule has 1 aliphatic rings. The third-order valence-corrected chi connectivity index (χ3v) is 3.50. The second-order valence-electron chi connectivity index (χ2n) is 5.08. The second-order valence-corrected chi connectivity index (χ2v) is 5.08. The highest BCUT2D eigenvalue weighted by molar-refractivity contribution is 5.95. The number of esters is 1. The van der Waals surface area contributed by atoms with Gasteiger partial charge in [0.1, 0.15) is 0 Å². The van der Waals surface area contributed by atoms with Gasteiger partial charge in [-0.1, -0.05) is 6.07 Å². The van der Waals surface area contributed by atoms with Crippen molar-refractivity contribution in [1.82, 2.24) is 10.6 Å². The Morgan fingerprint density at radius 3 is 2.64 bits per heavy atom. The molecule has 2 amide bonds. The first kappa shape index (κ1) is 18.5. The van der Waals surface area contributed by atoms with Crippen molar-refractivity contribution in [3.63, 3.8) is 0 Å². The first-order valence-electron chi connectivity index (χ1n) is 7.45. The number of allylic oxidation sites excluding steroid dienone is 1. The van der Waals surface area contributed by atoms with E-state index in [2.05, 4.69) is 15.4 Å². The molecule has 2 rings (SSSR count). The summed E-state index contributed by atoms with van der Waals surface area (Å²) in [5, 5.41) is 5.07. The third-order valence-electron chi connectivity index (χ3n) is 3.50. The molecule has 0 fully saturated rings. The van der Waals surface area contributed by atoms with E-state index in [1.807, 2.05) is 0 Å². The van der Waals surface area contributed by atoms with Crippen LogP contribution in [0.5, 0.6) is 11.5 Å². The fourth-order valence-corrected chi connectivity index (χ4v) is 2.48. The van der Waals surface area contributed by atoms with E-state index in [1.54, 1.807) is 19.9 Å². The van der Waals surface area contributed by atoms with Gasteiger partial charge in [-0.15, -0.1) is 0 Å². The molecule has 0 unspecified atom stereocenters. The molecular formula is C16H18F2N2O5. The van der Waals surface area contributed by atoms with Crippen LogP contribution in [-0.2, 0) is 9.53 Å². The maximum Gasteiger partial charge on any atom is 0.387 e. The molecule has 0 aliphatic carbocycles. The molecule has 1 atom stereocenters. The molecule has 0 radical (unpaired) electrons. The highest BCUT2D eigenvalue weighted by atomic mass is 19.3. The van der Waals surface area contributed by atoms with E-state index in [4.69, 9.17) is 9.47 Å². The van der Waals surface area contributed by atoms with Gasteiger partial charge in [-0.25, -0.2) is 9.59 Å². The van der Waals surface area contributed by atoms with Crippen molar-refractivity contribution in [2.45, 2.75) is 26.5 Å². The molecular weight excluding hydrogens is 338 g/mol. The van der Waals surface area contributed by atoms with E-state index in [0.29, 0.717) is 11.3 Å². The summed E-state index contributed by atoms with van der Waals surface area (Å²) in [6.07, 6.45) is 0. The number of ether oxygens (including phenoxy) is 3. The first-order chi connectivity index (χ1) is 11.9. The molecule has 1 aromatic rings. The lowest BCUT2D eigenvalue weighted by Crippen LogP contribution is -2.45. The van der Waals surface area contributed by atoms with Crippen LogP contribution in [0, 0.1) is 0 Å². The zero-order valence-corrected chi connectivity index (χ0v) is 13.9. The van der Waals surface area contributed by atoms with Crippen LogP contribution in [-0.4, -0.2) is 32.3 Å². The quantitative estimate of drug-likeness (QED) is 0.765. The van der Waals surface area contributed by atoms with Crippen LogP contribution in [0.3, 0.4) is 0 Å². The largest absolute Gasteiger partial charge is 0.493 e. The van der Waals surface area contributed by atoms with Gasteiger partial charge < -0.3 is 24.8 Å².